The molecule has 6 N–H and O–H groups in total. The molecule has 1 aromatic carbocycles. The van der Waals surface area contributed by atoms with E-state index in [-0.39, 0.29) is 6.42 Å². The predicted molar refractivity (Wildman–Crippen MR) is 111 cm³/mol. The van der Waals surface area contributed by atoms with E-state index in [9.17, 15) is 24.3 Å². The lowest BCUT2D eigenvalue weighted by Gasteiger charge is -2.18. The van der Waals surface area contributed by atoms with Crippen molar-refractivity contribution in [1.82, 2.24) is 16.0 Å². The number of carbonyl (C=O) groups excluding carboxylic acids is 3. The van der Waals surface area contributed by atoms with Crippen molar-refractivity contribution in [2.45, 2.75) is 37.9 Å². The Balaban J connectivity index is 2.45. The van der Waals surface area contributed by atoms with Crippen LogP contribution in [0.4, 0.5) is 0 Å². The number of carboxylic acids is 1. The lowest BCUT2D eigenvalue weighted by Crippen LogP contribution is -2.52. The van der Waals surface area contributed by atoms with E-state index in [1.54, 1.807) is 36.0 Å². The van der Waals surface area contributed by atoms with Crippen LogP contribution in [0.15, 0.2) is 30.3 Å². The van der Waals surface area contributed by atoms with Crippen molar-refractivity contribution in [3.05, 3.63) is 35.9 Å². The monoisotopic (exact) mass is 424 g/mol. The topological polar surface area (TPSA) is 151 Å². The zero-order chi connectivity index (χ0) is 21.8. The molecular weight excluding hydrogens is 396 g/mol. The second-order valence-corrected chi connectivity index (χ2v) is 7.47. The molecule has 0 aliphatic rings. The maximum Gasteiger partial charge on any atom is 0.326 e. The summed E-state index contributed by atoms with van der Waals surface area (Å²) < 4.78 is 0. The maximum absolute atomic E-state index is 12.1. The van der Waals surface area contributed by atoms with Gasteiger partial charge in [0.15, 0.2) is 0 Å². The molecule has 0 aliphatic heterocycles. The van der Waals surface area contributed by atoms with Gasteiger partial charge in [-0.15, -0.1) is 0 Å². The first-order valence-electron chi connectivity index (χ1n) is 9.13. The molecule has 0 aliphatic carbocycles. The number of benzene rings is 1. The van der Waals surface area contributed by atoms with Gasteiger partial charge in [-0.05, 0) is 30.9 Å². The molecule has 160 valence electrons. The van der Waals surface area contributed by atoms with E-state index in [1.165, 1.54) is 6.92 Å². The number of carbonyl (C=O) groups is 4. The van der Waals surface area contributed by atoms with Crippen LogP contribution in [0.3, 0.4) is 0 Å². The predicted octanol–water partition coefficient (Wildman–Crippen LogP) is -0.500. The highest BCUT2D eigenvalue weighted by Gasteiger charge is 2.22. The Labute approximate surface area is 174 Å². The van der Waals surface area contributed by atoms with E-state index in [1.807, 2.05) is 12.3 Å². The number of rotatable bonds is 12. The fraction of sp³-hybridized carbons (Fsp3) is 0.474. The van der Waals surface area contributed by atoms with E-state index >= 15 is 0 Å². The molecule has 1 aromatic rings. The minimum absolute atomic E-state index is 0.121. The molecule has 10 heteroatoms. The van der Waals surface area contributed by atoms with Gasteiger partial charge in [0.25, 0.3) is 0 Å². The Morgan fingerprint density at radius 3 is 2.34 bits per heavy atom. The van der Waals surface area contributed by atoms with Crippen LogP contribution in [-0.4, -0.2) is 65.5 Å². The molecule has 0 fully saturated rings. The summed E-state index contributed by atoms with van der Waals surface area (Å²) in [6.07, 6.45) is 2.51. The fourth-order valence-electron chi connectivity index (χ4n) is 2.38. The summed E-state index contributed by atoms with van der Waals surface area (Å²) in [7, 11) is 0. The zero-order valence-electron chi connectivity index (χ0n) is 16.5. The Hall–Kier alpha value is -2.59. The van der Waals surface area contributed by atoms with Crippen molar-refractivity contribution in [1.29, 1.82) is 0 Å². The Kier molecular flexibility index (Phi) is 10.8. The third-order valence-corrected chi connectivity index (χ3v) is 4.70. The van der Waals surface area contributed by atoms with Gasteiger partial charge < -0.3 is 26.8 Å². The smallest absolute Gasteiger partial charge is 0.326 e. The SMILES string of the molecule is CSCCC(N)C(=O)NC(C)C(=O)NCC(=O)NC(Cc1ccccc1)C(=O)O. The quantitative estimate of drug-likeness (QED) is 0.303. The number of aliphatic carboxylic acids is 1. The Bertz CT molecular complexity index is 701. The fourth-order valence-corrected chi connectivity index (χ4v) is 2.87. The number of nitrogens with two attached hydrogens (primary N) is 1. The molecule has 0 saturated carbocycles. The van der Waals surface area contributed by atoms with Crippen molar-refractivity contribution in [2.24, 2.45) is 5.73 Å². The summed E-state index contributed by atoms with van der Waals surface area (Å²) in [6, 6.07) is 6.18. The third kappa shape index (κ3) is 9.44. The standard InChI is InChI=1S/C19H28N4O5S/c1-12(22-18(26)14(20)8-9-29-2)17(25)21-11-16(24)23-15(19(27)28)10-13-6-4-3-5-7-13/h3-7,12,14-15H,8-11,20H2,1-2H3,(H,21,25)(H,22,26)(H,23,24)(H,27,28). The first kappa shape index (κ1) is 24.4. The number of amides is 3. The Morgan fingerprint density at radius 1 is 1.10 bits per heavy atom. The molecule has 1 rings (SSSR count). The zero-order valence-corrected chi connectivity index (χ0v) is 17.3. The molecule has 3 atom stereocenters. The number of hydrogen-bond donors (Lipinski definition) is 5. The average Bonchev–Trinajstić information content (AvgIpc) is 2.70. The summed E-state index contributed by atoms with van der Waals surface area (Å²) in [5, 5.41) is 16.5. The van der Waals surface area contributed by atoms with Gasteiger partial charge in [-0.1, -0.05) is 30.3 Å². The van der Waals surface area contributed by atoms with E-state index < -0.39 is 48.4 Å². The Morgan fingerprint density at radius 2 is 1.76 bits per heavy atom. The van der Waals surface area contributed by atoms with Crippen molar-refractivity contribution in [3.8, 4) is 0 Å². The molecule has 29 heavy (non-hydrogen) atoms. The molecule has 0 saturated heterocycles. The van der Waals surface area contributed by atoms with Crippen LogP contribution >= 0.6 is 11.8 Å². The number of hydrogen-bond acceptors (Lipinski definition) is 6. The molecular formula is C19H28N4O5S. The normalized spacial score (nSPS) is 13.6. The van der Waals surface area contributed by atoms with Crippen molar-refractivity contribution in [2.75, 3.05) is 18.6 Å². The molecule has 3 amide bonds. The third-order valence-electron chi connectivity index (χ3n) is 4.06. The molecule has 0 heterocycles. The summed E-state index contributed by atoms with van der Waals surface area (Å²) in [4.78, 5) is 47.4. The molecule has 9 nitrogen and oxygen atoms in total. The lowest BCUT2D eigenvalue weighted by molar-refractivity contribution is -0.141. The van der Waals surface area contributed by atoms with Crippen molar-refractivity contribution < 1.29 is 24.3 Å². The van der Waals surface area contributed by atoms with Crippen LogP contribution in [0.2, 0.25) is 0 Å². The van der Waals surface area contributed by atoms with Crippen LogP contribution in [0.1, 0.15) is 18.9 Å². The summed E-state index contributed by atoms with van der Waals surface area (Å²) in [5.74, 6) is -2.10. The molecule has 0 radical (unpaired) electrons. The van der Waals surface area contributed by atoms with Crippen molar-refractivity contribution >= 4 is 35.5 Å². The van der Waals surface area contributed by atoms with E-state index in [0.717, 1.165) is 11.3 Å². The summed E-state index contributed by atoms with van der Waals surface area (Å²) in [5.41, 5.74) is 6.51. The van der Waals surface area contributed by atoms with Gasteiger partial charge in [0.1, 0.15) is 12.1 Å². The second kappa shape index (κ2) is 12.8. The van der Waals surface area contributed by atoms with Gasteiger partial charge in [0, 0.05) is 6.42 Å². The second-order valence-electron chi connectivity index (χ2n) is 6.48. The lowest BCUT2D eigenvalue weighted by atomic mass is 10.1. The largest absolute Gasteiger partial charge is 0.480 e. The minimum atomic E-state index is -1.17. The van der Waals surface area contributed by atoms with Crippen LogP contribution < -0.4 is 21.7 Å². The molecule has 0 bridgehead atoms. The van der Waals surface area contributed by atoms with Gasteiger partial charge in [0.05, 0.1) is 12.6 Å². The van der Waals surface area contributed by atoms with Crippen LogP contribution in [0.25, 0.3) is 0 Å². The maximum atomic E-state index is 12.1. The average molecular weight is 425 g/mol. The van der Waals surface area contributed by atoms with Crippen LogP contribution in [-0.2, 0) is 25.6 Å². The summed E-state index contributed by atoms with van der Waals surface area (Å²) in [6.45, 7) is 1.07. The molecule has 0 spiro atoms. The van der Waals surface area contributed by atoms with Crippen molar-refractivity contribution in [3.63, 3.8) is 0 Å². The number of carboxylic acid groups (broad SMARTS) is 1. The highest BCUT2D eigenvalue weighted by molar-refractivity contribution is 7.98. The van der Waals surface area contributed by atoms with Gasteiger partial charge in [-0.3, -0.25) is 14.4 Å². The number of thioether (sulfide) groups is 1. The first-order valence-corrected chi connectivity index (χ1v) is 10.5. The number of nitrogens with one attached hydrogen (secondary N) is 3. The molecule has 3 unspecified atom stereocenters. The van der Waals surface area contributed by atoms with E-state index in [2.05, 4.69) is 16.0 Å². The van der Waals surface area contributed by atoms with Crippen LogP contribution in [0.5, 0.6) is 0 Å². The van der Waals surface area contributed by atoms with Gasteiger partial charge in [-0.25, -0.2) is 4.79 Å². The summed E-state index contributed by atoms with van der Waals surface area (Å²) >= 11 is 1.57. The van der Waals surface area contributed by atoms with Crippen LogP contribution in [0, 0.1) is 0 Å². The molecule has 0 aromatic heterocycles. The van der Waals surface area contributed by atoms with E-state index in [0.29, 0.717) is 6.42 Å². The minimum Gasteiger partial charge on any atom is -0.480 e. The first-order chi connectivity index (χ1) is 13.7. The van der Waals surface area contributed by atoms with Gasteiger partial charge in [0.2, 0.25) is 17.7 Å². The van der Waals surface area contributed by atoms with Gasteiger partial charge >= 0.3 is 5.97 Å². The highest BCUT2D eigenvalue weighted by atomic mass is 32.2. The highest BCUT2D eigenvalue weighted by Crippen LogP contribution is 2.03. The van der Waals surface area contributed by atoms with E-state index in [4.69, 9.17) is 5.73 Å². The van der Waals surface area contributed by atoms with Gasteiger partial charge in [-0.2, -0.15) is 11.8 Å².